The summed E-state index contributed by atoms with van der Waals surface area (Å²) < 4.78 is 38.0. The normalized spacial score (nSPS) is 23.8. The van der Waals surface area contributed by atoms with Gasteiger partial charge in [0.25, 0.3) is 0 Å². The van der Waals surface area contributed by atoms with Crippen molar-refractivity contribution >= 4 is 12.0 Å². The molecule has 1 N–H and O–H groups in total. The molecule has 0 amide bonds. The van der Waals surface area contributed by atoms with E-state index in [-0.39, 0.29) is 17.6 Å². The highest BCUT2D eigenvalue weighted by Crippen LogP contribution is 2.32. The van der Waals surface area contributed by atoms with E-state index in [0.717, 1.165) is 12.1 Å². The zero-order valence-electron chi connectivity index (χ0n) is 11.4. The number of benzene rings is 1. The van der Waals surface area contributed by atoms with Crippen LogP contribution in [0.1, 0.15) is 29.8 Å². The van der Waals surface area contributed by atoms with Gasteiger partial charge in [-0.3, -0.25) is 4.79 Å². The number of anilines is 1. The Hall–Kier alpha value is -1.56. The summed E-state index contributed by atoms with van der Waals surface area (Å²) in [6.07, 6.45) is -3.94. The third-order valence-corrected chi connectivity index (χ3v) is 3.38. The molecule has 2 atom stereocenters. The predicted molar refractivity (Wildman–Crippen MR) is 71.1 cm³/mol. The number of halogens is 3. The fourth-order valence-electron chi connectivity index (χ4n) is 2.64. The summed E-state index contributed by atoms with van der Waals surface area (Å²) in [5.74, 6) is 0. The maximum atomic E-state index is 12.7. The van der Waals surface area contributed by atoms with Crippen molar-refractivity contribution in [2.24, 2.45) is 0 Å². The fourth-order valence-corrected chi connectivity index (χ4v) is 2.64. The van der Waals surface area contributed by atoms with E-state index in [2.05, 4.69) is 5.32 Å². The van der Waals surface area contributed by atoms with Crippen molar-refractivity contribution in [3.63, 3.8) is 0 Å². The maximum Gasteiger partial charge on any atom is 0.416 e. The molecule has 1 aliphatic rings. The molecule has 0 saturated carbocycles. The Bertz CT molecular complexity index is 492. The van der Waals surface area contributed by atoms with Crippen LogP contribution in [0.5, 0.6) is 0 Å². The first-order chi connectivity index (χ1) is 9.31. The van der Waals surface area contributed by atoms with E-state index in [1.807, 2.05) is 18.7 Å². The molecular weight excluding hydrogens is 269 g/mol. The minimum absolute atomic E-state index is 0.0844. The lowest BCUT2D eigenvalue weighted by atomic mass is 10.1. The summed E-state index contributed by atoms with van der Waals surface area (Å²) >= 11 is 0. The Labute approximate surface area is 115 Å². The second kappa shape index (κ2) is 5.44. The van der Waals surface area contributed by atoms with E-state index in [0.29, 0.717) is 25.1 Å². The van der Waals surface area contributed by atoms with Crippen molar-refractivity contribution in [2.75, 3.05) is 18.0 Å². The Morgan fingerprint density at radius 3 is 2.35 bits per heavy atom. The minimum Gasteiger partial charge on any atom is -0.368 e. The SMILES string of the molecule is CC1CN(c2ccc(C(F)(F)F)cc2C=O)CC(C)N1. The molecule has 1 heterocycles. The zero-order valence-corrected chi connectivity index (χ0v) is 11.4. The molecule has 0 aliphatic carbocycles. The third kappa shape index (κ3) is 3.12. The number of hydrogen-bond donors (Lipinski definition) is 1. The van der Waals surface area contributed by atoms with Crippen LogP contribution in [0.3, 0.4) is 0 Å². The van der Waals surface area contributed by atoms with Gasteiger partial charge in [-0.1, -0.05) is 0 Å². The molecule has 2 rings (SSSR count). The highest BCUT2D eigenvalue weighted by Gasteiger charge is 2.32. The van der Waals surface area contributed by atoms with Crippen LogP contribution in [-0.2, 0) is 6.18 Å². The van der Waals surface area contributed by atoms with Crippen molar-refractivity contribution < 1.29 is 18.0 Å². The van der Waals surface area contributed by atoms with Crippen LogP contribution < -0.4 is 10.2 Å². The minimum atomic E-state index is -4.43. The second-order valence-electron chi connectivity index (χ2n) is 5.26. The quantitative estimate of drug-likeness (QED) is 0.848. The fraction of sp³-hybridized carbons (Fsp3) is 0.500. The molecule has 1 aromatic rings. The monoisotopic (exact) mass is 286 g/mol. The van der Waals surface area contributed by atoms with Crippen molar-refractivity contribution in [1.82, 2.24) is 5.32 Å². The lowest BCUT2D eigenvalue weighted by Gasteiger charge is -2.38. The molecule has 3 nitrogen and oxygen atoms in total. The average Bonchev–Trinajstić information content (AvgIpc) is 2.35. The lowest BCUT2D eigenvalue weighted by molar-refractivity contribution is -0.137. The molecule has 6 heteroatoms. The average molecular weight is 286 g/mol. The van der Waals surface area contributed by atoms with E-state index in [9.17, 15) is 18.0 Å². The number of rotatable bonds is 2. The number of piperazine rings is 1. The third-order valence-electron chi connectivity index (χ3n) is 3.38. The molecule has 1 saturated heterocycles. The van der Waals surface area contributed by atoms with Gasteiger partial charge in [0, 0.05) is 36.4 Å². The van der Waals surface area contributed by atoms with Gasteiger partial charge in [0.05, 0.1) is 5.56 Å². The van der Waals surface area contributed by atoms with E-state index in [1.165, 1.54) is 6.07 Å². The Morgan fingerprint density at radius 1 is 1.25 bits per heavy atom. The van der Waals surface area contributed by atoms with Gasteiger partial charge in [-0.25, -0.2) is 0 Å². The predicted octanol–water partition coefficient (Wildman–Crippen LogP) is 2.70. The molecule has 1 aliphatic heterocycles. The van der Waals surface area contributed by atoms with Gasteiger partial charge in [-0.05, 0) is 32.0 Å². The van der Waals surface area contributed by atoms with Gasteiger partial charge < -0.3 is 10.2 Å². The largest absolute Gasteiger partial charge is 0.416 e. The molecule has 1 fully saturated rings. The first-order valence-corrected chi connectivity index (χ1v) is 6.48. The zero-order chi connectivity index (χ0) is 14.9. The van der Waals surface area contributed by atoms with Gasteiger partial charge >= 0.3 is 6.18 Å². The van der Waals surface area contributed by atoms with Crippen LogP contribution in [0.25, 0.3) is 0 Å². The van der Waals surface area contributed by atoms with Crippen LogP contribution in [0.2, 0.25) is 0 Å². The summed E-state index contributed by atoms with van der Waals surface area (Å²) in [5.41, 5.74) is -0.145. The van der Waals surface area contributed by atoms with Gasteiger partial charge in [0.2, 0.25) is 0 Å². The van der Waals surface area contributed by atoms with Crippen LogP contribution in [-0.4, -0.2) is 31.5 Å². The molecule has 0 radical (unpaired) electrons. The topological polar surface area (TPSA) is 32.3 Å². The number of aldehydes is 1. The molecule has 110 valence electrons. The highest BCUT2D eigenvalue weighted by atomic mass is 19.4. The number of nitrogens with zero attached hydrogens (tertiary/aromatic N) is 1. The van der Waals surface area contributed by atoms with Gasteiger partial charge in [0.1, 0.15) is 0 Å². The van der Waals surface area contributed by atoms with E-state index in [4.69, 9.17) is 0 Å². The van der Waals surface area contributed by atoms with E-state index >= 15 is 0 Å². The Balaban J connectivity index is 2.34. The van der Waals surface area contributed by atoms with E-state index < -0.39 is 11.7 Å². The molecular formula is C14H17F3N2O. The number of carbonyl (C=O) groups is 1. The smallest absolute Gasteiger partial charge is 0.368 e. The van der Waals surface area contributed by atoms with Crippen LogP contribution in [0, 0.1) is 0 Å². The molecule has 0 spiro atoms. The summed E-state index contributed by atoms with van der Waals surface area (Å²) in [5, 5.41) is 3.34. The summed E-state index contributed by atoms with van der Waals surface area (Å²) in [7, 11) is 0. The van der Waals surface area contributed by atoms with Gasteiger partial charge in [-0.15, -0.1) is 0 Å². The summed E-state index contributed by atoms with van der Waals surface area (Å²) in [6, 6.07) is 3.78. The first kappa shape index (κ1) is 14.8. The maximum absolute atomic E-state index is 12.7. The standard InChI is InChI=1S/C14H17F3N2O/c1-9-6-19(7-10(2)18-9)13-4-3-12(14(15,16)17)5-11(13)8-20/h3-5,8-10,18H,6-7H2,1-2H3. The van der Waals surface area contributed by atoms with Crippen molar-refractivity contribution in [3.8, 4) is 0 Å². The number of carbonyl (C=O) groups excluding carboxylic acids is 1. The summed E-state index contributed by atoms with van der Waals surface area (Å²) in [4.78, 5) is 13.1. The molecule has 0 aromatic heterocycles. The van der Waals surface area contributed by atoms with Crippen LogP contribution >= 0.6 is 0 Å². The molecule has 20 heavy (non-hydrogen) atoms. The van der Waals surface area contributed by atoms with Gasteiger partial charge in [-0.2, -0.15) is 13.2 Å². The van der Waals surface area contributed by atoms with Gasteiger partial charge in [0.15, 0.2) is 6.29 Å². The first-order valence-electron chi connectivity index (χ1n) is 6.48. The molecule has 0 bridgehead atoms. The molecule has 2 unspecified atom stereocenters. The molecule has 1 aromatic carbocycles. The summed E-state index contributed by atoms with van der Waals surface area (Å²) in [6.45, 7) is 5.34. The van der Waals surface area contributed by atoms with E-state index in [1.54, 1.807) is 0 Å². The second-order valence-corrected chi connectivity index (χ2v) is 5.26. The van der Waals surface area contributed by atoms with Crippen molar-refractivity contribution in [2.45, 2.75) is 32.1 Å². The lowest BCUT2D eigenvalue weighted by Crippen LogP contribution is -2.54. The number of hydrogen-bond acceptors (Lipinski definition) is 3. The number of alkyl halides is 3. The van der Waals surface area contributed by atoms with Crippen molar-refractivity contribution in [3.05, 3.63) is 29.3 Å². The number of nitrogens with one attached hydrogen (secondary N) is 1. The Kier molecular flexibility index (Phi) is 4.04. The highest BCUT2D eigenvalue weighted by molar-refractivity contribution is 5.85. The van der Waals surface area contributed by atoms with Crippen LogP contribution in [0.4, 0.5) is 18.9 Å². The Morgan fingerprint density at radius 2 is 1.85 bits per heavy atom. The van der Waals surface area contributed by atoms with Crippen molar-refractivity contribution in [1.29, 1.82) is 0 Å². The van der Waals surface area contributed by atoms with Crippen LogP contribution in [0.15, 0.2) is 18.2 Å².